The normalized spacial score (nSPS) is 26.5. The molecular weight excluding hydrogens is 169 g/mol. The van der Waals surface area contributed by atoms with Crippen LogP contribution >= 0.6 is 0 Å². The number of hydrogen-bond acceptors (Lipinski definition) is 1. The highest BCUT2D eigenvalue weighted by Gasteiger charge is 2.44. The van der Waals surface area contributed by atoms with Crippen LogP contribution < -0.4 is 5.32 Å². The zero-order valence-corrected chi connectivity index (χ0v) is 7.30. The zero-order valence-electron chi connectivity index (χ0n) is 7.30. The van der Waals surface area contributed by atoms with E-state index in [9.17, 15) is 9.18 Å². The number of rotatable bonds is 1. The molecule has 68 valence electrons. The lowest BCUT2D eigenvalue weighted by atomic mass is 9.76. The fraction of sp³-hybridized carbons (Fsp3) is 0.300. The van der Waals surface area contributed by atoms with E-state index in [4.69, 9.17) is 0 Å². The summed E-state index contributed by atoms with van der Waals surface area (Å²) < 4.78 is 13.3. The maximum absolute atomic E-state index is 13.3. The third-order valence-electron chi connectivity index (χ3n) is 2.57. The molecule has 1 aromatic carbocycles. The second-order valence-electron chi connectivity index (χ2n) is 3.49. The van der Waals surface area contributed by atoms with Gasteiger partial charge < -0.3 is 5.32 Å². The molecular formula is C10H10FNO. The fourth-order valence-electron chi connectivity index (χ4n) is 1.55. The summed E-state index contributed by atoms with van der Waals surface area (Å²) in [7, 11) is 0. The second kappa shape index (κ2) is 2.55. The molecule has 0 spiro atoms. The Morgan fingerprint density at radius 2 is 2.15 bits per heavy atom. The fourth-order valence-corrected chi connectivity index (χ4v) is 1.55. The van der Waals surface area contributed by atoms with E-state index in [1.807, 2.05) is 0 Å². The lowest BCUT2D eigenvalue weighted by molar-refractivity contribution is -0.133. The Morgan fingerprint density at radius 1 is 1.46 bits per heavy atom. The molecule has 1 amide bonds. The van der Waals surface area contributed by atoms with Crippen LogP contribution in [0.15, 0.2) is 24.3 Å². The molecule has 1 atom stereocenters. The van der Waals surface area contributed by atoms with Gasteiger partial charge >= 0.3 is 0 Å². The van der Waals surface area contributed by atoms with Crippen molar-refractivity contribution in [2.24, 2.45) is 0 Å². The third kappa shape index (κ3) is 1.03. The van der Waals surface area contributed by atoms with Crippen molar-refractivity contribution in [3.63, 3.8) is 0 Å². The van der Waals surface area contributed by atoms with Gasteiger partial charge in [0.2, 0.25) is 5.91 Å². The van der Waals surface area contributed by atoms with E-state index in [1.165, 1.54) is 6.07 Å². The van der Waals surface area contributed by atoms with Gasteiger partial charge in [0.1, 0.15) is 5.82 Å². The maximum Gasteiger partial charge on any atom is 0.232 e. The van der Waals surface area contributed by atoms with Gasteiger partial charge in [0, 0.05) is 12.1 Å². The first-order valence-electron chi connectivity index (χ1n) is 4.18. The topological polar surface area (TPSA) is 29.1 Å². The highest BCUT2D eigenvalue weighted by atomic mass is 19.1. The molecule has 1 N–H and O–H groups in total. The van der Waals surface area contributed by atoms with Gasteiger partial charge in [-0.15, -0.1) is 0 Å². The molecule has 0 aromatic heterocycles. The number of carbonyl (C=O) groups excluding carboxylic acids is 1. The first-order chi connectivity index (χ1) is 6.14. The van der Waals surface area contributed by atoms with E-state index in [0.717, 1.165) is 0 Å². The van der Waals surface area contributed by atoms with Crippen molar-refractivity contribution < 1.29 is 9.18 Å². The van der Waals surface area contributed by atoms with Crippen molar-refractivity contribution >= 4 is 5.91 Å². The summed E-state index contributed by atoms with van der Waals surface area (Å²) in [6, 6.07) is 6.41. The number of carbonyl (C=O) groups is 1. The summed E-state index contributed by atoms with van der Waals surface area (Å²) in [5.41, 5.74) is -0.176. The number of β-lactam (4-membered cyclic amide) rings is 1. The molecule has 3 heteroatoms. The quantitative estimate of drug-likeness (QED) is 0.645. The van der Waals surface area contributed by atoms with Gasteiger partial charge in [-0.25, -0.2) is 4.39 Å². The van der Waals surface area contributed by atoms with Gasteiger partial charge in [0.05, 0.1) is 5.41 Å². The third-order valence-corrected chi connectivity index (χ3v) is 2.57. The Hall–Kier alpha value is -1.38. The van der Waals surface area contributed by atoms with Crippen molar-refractivity contribution in [1.82, 2.24) is 5.32 Å². The molecule has 2 nitrogen and oxygen atoms in total. The summed E-state index contributed by atoms with van der Waals surface area (Å²) in [6.07, 6.45) is 0. The summed E-state index contributed by atoms with van der Waals surface area (Å²) in [5, 5.41) is 2.62. The van der Waals surface area contributed by atoms with Crippen LogP contribution in [-0.4, -0.2) is 12.5 Å². The molecule has 1 heterocycles. The summed E-state index contributed by atoms with van der Waals surface area (Å²) in [4.78, 5) is 11.2. The SMILES string of the molecule is C[C@]1(c2ccccc2F)CNC1=O. The van der Waals surface area contributed by atoms with Gasteiger partial charge in [-0.1, -0.05) is 18.2 Å². The Bertz CT molecular complexity index is 364. The van der Waals surface area contributed by atoms with E-state index in [-0.39, 0.29) is 11.7 Å². The van der Waals surface area contributed by atoms with E-state index in [1.54, 1.807) is 25.1 Å². The predicted molar refractivity (Wildman–Crippen MR) is 46.8 cm³/mol. The van der Waals surface area contributed by atoms with Gasteiger partial charge in [-0.2, -0.15) is 0 Å². The average molecular weight is 179 g/mol. The minimum atomic E-state index is -0.661. The van der Waals surface area contributed by atoms with Gasteiger partial charge in [0.25, 0.3) is 0 Å². The van der Waals surface area contributed by atoms with Crippen LogP contribution in [-0.2, 0) is 10.2 Å². The molecule has 0 radical (unpaired) electrons. The van der Waals surface area contributed by atoms with E-state index < -0.39 is 5.41 Å². The molecule has 1 saturated heterocycles. The van der Waals surface area contributed by atoms with Crippen molar-refractivity contribution in [1.29, 1.82) is 0 Å². The molecule has 0 unspecified atom stereocenters. The van der Waals surface area contributed by atoms with E-state index >= 15 is 0 Å². The standard InChI is InChI=1S/C10H10FNO/c1-10(6-12-9(10)13)7-4-2-3-5-8(7)11/h2-5H,6H2,1H3,(H,12,13)/t10-/m1/s1. The number of benzene rings is 1. The molecule has 2 rings (SSSR count). The van der Waals surface area contributed by atoms with Gasteiger partial charge in [-0.3, -0.25) is 4.79 Å². The largest absolute Gasteiger partial charge is 0.354 e. The Labute approximate surface area is 75.8 Å². The van der Waals surface area contributed by atoms with Gasteiger partial charge in [0.15, 0.2) is 0 Å². The number of nitrogens with one attached hydrogen (secondary N) is 1. The summed E-state index contributed by atoms with van der Waals surface area (Å²) in [5.74, 6) is -0.405. The minimum Gasteiger partial charge on any atom is -0.354 e. The molecule has 1 aliphatic heterocycles. The maximum atomic E-state index is 13.3. The van der Waals surface area contributed by atoms with Crippen LogP contribution in [0.25, 0.3) is 0 Å². The molecule has 0 saturated carbocycles. The lowest BCUT2D eigenvalue weighted by Crippen LogP contribution is -2.60. The second-order valence-corrected chi connectivity index (χ2v) is 3.49. The van der Waals surface area contributed by atoms with Crippen LogP contribution in [0.3, 0.4) is 0 Å². The lowest BCUT2D eigenvalue weighted by Gasteiger charge is -2.37. The van der Waals surface area contributed by atoms with E-state index in [2.05, 4.69) is 5.32 Å². The summed E-state index contributed by atoms with van der Waals surface area (Å²) in [6.45, 7) is 2.27. The minimum absolute atomic E-state index is 0.0994. The number of amides is 1. The molecule has 13 heavy (non-hydrogen) atoms. The number of hydrogen-bond donors (Lipinski definition) is 1. The molecule has 1 fully saturated rings. The first-order valence-corrected chi connectivity index (χ1v) is 4.18. The molecule has 0 bridgehead atoms. The van der Waals surface area contributed by atoms with Crippen LogP contribution in [0.1, 0.15) is 12.5 Å². The molecule has 0 aliphatic carbocycles. The van der Waals surface area contributed by atoms with Crippen LogP contribution in [0, 0.1) is 5.82 Å². The molecule has 1 aromatic rings. The van der Waals surface area contributed by atoms with E-state index in [0.29, 0.717) is 12.1 Å². The smallest absolute Gasteiger partial charge is 0.232 e. The number of halogens is 1. The highest BCUT2D eigenvalue weighted by molar-refractivity contribution is 5.93. The van der Waals surface area contributed by atoms with Crippen molar-refractivity contribution in [2.45, 2.75) is 12.3 Å². The van der Waals surface area contributed by atoms with Crippen LogP contribution in [0.2, 0.25) is 0 Å². The zero-order chi connectivity index (χ0) is 9.47. The Morgan fingerprint density at radius 3 is 2.62 bits per heavy atom. The summed E-state index contributed by atoms with van der Waals surface area (Å²) >= 11 is 0. The monoisotopic (exact) mass is 179 g/mol. The first kappa shape index (κ1) is 8.23. The van der Waals surface area contributed by atoms with Crippen molar-refractivity contribution in [3.05, 3.63) is 35.6 Å². The predicted octanol–water partition coefficient (Wildman–Crippen LogP) is 1.21. The Kier molecular flexibility index (Phi) is 1.62. The van der Waals surface area contributed by atoms with Crippen LogP contribution in [0.5, 0.6) is 0 Å². The van der Waals surface area contributed by atoms with Crippen LogP contribution in [0.4, 0.5) is 4.39 Å². The van der Waals surface area contributed by atoms with Crippen molar-refractivity contribution in [2.75, 3.05) is 6.54 Å². The van der Waals surface area contributed by atoms with Gasteiger partial charge in [-0.05, 0) is 13.0 Å². The average Bonchev–Trinajstić information content (AvgIpc) is 2.15. The highest BCUT2D eigenvalue weighted by Crippen LogP contribution is 2.30. The Balaban J connectivity index is 2.46. The molecule has 1 aliphatic rings. The van der Waals surface area contributed by atoms with Crippen molar-refractivity contribution in [3.8, 4) is 0 Å².